The molecule has 0 aliphatic heterocycles. The third-order valence-corrected chi connectivity index (χ3v) is 4.73. The normalized spacial score (nSPS) is 14.1. The van der Waals surface area contributed by atoms with E-state index in [4.69, 9.17) is 16.3 Å². The van der Waals surface area contributed by atoms with E-state index in [-0.39, 0.29) is 5.78 Å². The second-order valence-electron chi connectivity index (χ2n) is 6.05. The molecular formula is C19H18ClF3O2. The van der Waals surface area contributed by atoms with Gasteiger partial charge in [0.15, 0.2) is 0 Å². The lowest BCUT2D eigenvalue weighted by Crippen LogP contribution is -2.33. The van der Waals surface area contributed by atoms with Crippen molar-refractivity contribution in [2.24, 2.45) is 0 Å². The largest absolute Gasteiger partial charge is 0.496 e. The highest BCUT2D eigenvalue weighted by Gasteiger charge is 2.39. The highest BCUT2D eigenvalue weighted by atomic mass is 35.5. The van der Waals surface area contributed by atoms with E-state index in [2.05, 4.69) is 0 Å². The molecule has 25 heavy (non-hydrogen) atoms. The number of aryl methyl sites for hydroxylation is 1. The first-order chi connectivity index (χ1) is 11.5. The first-order valence-corrected chi connectivity index (χ1v) is 7.93. The maximum Gasteiger partial charge on any atom is 0.416 e. The second-order valence-corrected chi connectivity index (χ2v) is 6.49. The van der Waals surface area contributed by atoms with Crippen LogP contribution in [0.1, 0.15) is 36.1 Å². The highest BCUT2D eigenvalue weighted by molar-refractivity contribution is 6.30. The molecule has 0 heterocycles. The van der Waals surface area contributed by atoms with E-state index in [0.717, 1.165) is 12.1 Å². The molecule has 2 nitrogen and oxygen atoms in total. The minimum Gasteiger partial charge on any atom is -0.496 e. The molecule has 0 bridgehead atoms. The Morgan fingerprint density at radius 1 is 1.08 bits per heavy atom. The Bertz CT molecular complexity index is 815. The Morgan fingerprint density at radius 2 is 1.68 bits per heavy atom. The molecule has 0 amide bonds. The van der Waals surface area contributed by atoms with Gasteiger partial charge in [-0.05, 0) is 56.2 Å². The van der Waals surface area contributed by atoms with Gasteiger partial charge in [0.1, 0.15) is 11.5 Å². The average molecular weight is 371 g/mol. The number of methoxy groups -OCH3 is 1. The summed E-state index contributed by atoms with van der Waals surface area (Å²) in [5.41, 5.74) is -0.486. The van der Waals surface area contributed by atoms with Crippen molar-refractivity contribution < 1.29 is 22.7 Å². The monoisotopic (exact) mass is 370 g/mol. The Balaban J connectivity index is 2.72. The number of ketones is 1. The number of hydrogen-bond acceptors (Lipinski definition) is 2. The molecule has 134 valence electrons. The van der Waals surface area contributed by atoms with Gasteiger partial charge in [0.25, 0.3) is 0 Å². The van der Waals surface area contributed by atoms with Crippen molar-refractivity contribution in [1.29, 1.82) is 0 Å². The summed E-state index contributed by atoms with van der Waals surface area (Å²) in [6.07, 6.45) is -4.44. The Morgan fingerprint density at radius 3 is 2.16 bits per heavy atom. The molecule has 0 aliphatic carbocycles. The molecule has 0 radical (unpaired) electrons. The molecule has 0 saturated heterocycles. The van der Waals surface area contributed by atoms with Crippen molar-refractivity contribution in [2.75, 3.05) is 7.11 Å². The number of ether oxygens (including phenoxy) is 1. The van der Waals surface area contributed by atoms with E-state index in [0.29, 0.717) is 27.5 Å². The molecule has 0 N–H and O–H groups in total. The summed E-state index contributed by atoms with van der Waals surface area (Å²) in [6.45, 7) is 4.65. The summed E-state index contributed by atoms with van der Waals surface area (Å²) in [5, 5.41) is 0.440. The molecule has 0 aliphatic rings. The van der Waals surface area contributed by atoms with Gasteiger partial charge in [0.05, 0.1) is 18.1 Å². The van der Waals surface area contributed by atoms with Crippen molar-refractivity contribution in [2.45, 2.75) is 32.4 Å². The maximum absolute atomic E-state index is 12.9. The molecular weight excluding hydrogens is 353 g/mol. The zero-order valence-electron chi connectivity index (χ0n) is 14.3. The standard InChI is InChI=1S/C19H18ClF3O2/c1-11-9-13(19(21,22)23)5-7-15(11)18(3,12(2)24)16-8-6-14(20)10-17(16)25-4/h5-10H,1-4H3/t18-/m1/s1. The quantitative estimate of drug-likeness (QED) is 0.703. The molecule has 0 fully saturated rings. The summed E-state index contributed by atoms with van der Waals surface area (Å²) in [5.74, 6) is 0.195. The fourth-order valence-electron chi connectivity index (χ4n) is 3.00. The van der Waals surface area contributed by atoms with Crippen molar-refractivity contribution in [3.63, 3.8) is 0 Å². The molecule has 1 atom stereocenters. The van der Waals surface area contributed by atoms with Crippen LogP contribution in [0, 0.1) is 6.92 Å². The first-order valence-electron chi connectivity index (χ1n) is 7.55. The summed E-state index contributed by atoms with van der Waals surface area (Å²) in [7, 11) is 1.45. The molecule has 0 aromatic heterocycles. The van der Waals surface area contributed by atoms with E-state index in [9.17, 15) is 18.0 Å². The van der Waals surface area contributed by atoms with Gasteiger partial charge in [-0.2, -0.15) is 13.2 Å². The number of benzene rings is 2. The fraction of sp³-hybridized carbons (Fsp3) is 0.316. The van der Waals surface area contributed by atoms with Crippen LogP contribution in [-0.4, -0.2) is 12.9 Å². The predicted molar refractivity (Wildman–Crippen MR) is 91.3 cm³/mol. The van der Waals surface area contributed by atoms with Gasteiger partial charge in [0, 0.05) is 10.6 Å². The van der Waals surface area contributed by atoms with Crippen LogP contribution in [0.25, 0.3) is 0 Å². The summed E-state index contributed by atoms with van der Waals surface area (Å²) >= 11 is 5.98. The van der Waals surface area contributed by atoms with Crippen LogP contribution in [0.15, 0.2) is 36.4 Å². The van der Waals surface area contributed by atoms with Crippen LogP contribution in [0.5, 0.6) is 5.75 Å². The molecule has 2 aromatic rings. The Kier molecular flexibility index (Phi) is 5.19. The molecule has 2 aromatic carbocycles. The van der Waals surface area contributed by atoms with Gasteiger partial charge in [0.2, 0.25) is 0 Å². The second kappa shape index (κ2) is 6.71. The highest BCUT2D eigenvalue weighted by Crippen LogP contribution is 2.42. The number of alkyl halides is 3. The van der Waals surface area contributed by atoms with Crippen molar-refractivity contribution in [1.82, 2.24) is 0 Å². The van der Waals surface area contributed by atoms with Gasteiger partial charge in [-0.3, -0.25) is 4.79 Å². The van der Waals surface area contributed by atoms with Crippen molar-refractivity contribution in [3.8, 4) is 5.75 Å². The number of rotatable bonds is 4. The maximum atomic E-state index is 12.9. The van der Waals surface area contributed by atoms with Crippen LogP contribution < -0.4 is 4.74 Å². The minimum atomic E-state index is -4.44. The molecule has 0 spiro atoms. The third kappa shape index (κ3) is 3.52. The topological polar surface area (TPSA) is 26.3 Å². The van der Waals surface area contributed by atoms with Crippen LogP contribution >= 0.6 is 11.6 Å². The summed E-state index contributed by atoms with van der Waals surface area (Å²) in [4.78, 5) is 12.5. The lowest BCUT2D eigenvalue weighted by Gasteiger charge is -2.31. The van der Waals surface area contributed by atoms with Crippen LogP contribution in [0.4, 0.5) is 13.2 Å². The molecule has 0 unspecified atom stereocenters. The molecule has 2 rings (SSSR count). The van der Waals surface area contributed by atoms with Gasteiger partial charge < -0.3 is 4.74 Å². The first kappa shape index (κ1) is 19.3. The van der Waals surface area contributed by atoms with Gasteiger partial charge in [-0.1, -0.05) is 23.7 Å². The smallest absolute Gasteiger partial charge is 0.416 e. The lowest BCUT2D eigenvalue weighted by molar-refractivity contribution is -0.137. The van der Waals surface area contributed by atoms with Gasteiger partial charge >= 0.3 is 6.18 Å². The van der Waals surface area contributed by atoms with Gasteiger partial charge in [-0.25, -0.2) is 0 Å². The Labute approximate surface area is 149 Å². The fourth-order valence-corrected chi connectivity index (χ4v) is 3.17. The van der Waals surface area contributed by atoms with Gasteiger partial charge in [-0.15, -0.1) is 0 Å². The number of carbonyl (C=O) groups is 1. The SMILES string of the molecule is COc1cc(Cl)ccc1[C@](C)(C(C)=O)c1ccc(C(F)(F)F)cc1C. The van der Waals surface area contributed by atoms with Crippen LogP contribution in [0.2, 0.25) is 5.02 Å². The van der Waals surface area contributed by atoms with E-state index in [1.54, 1.807) is 32.0 Å². The zero-order chi connectivity index (χ0) is 19.0. The van der Waals surface area contributed by atoms with E-state index >= 15 is 0 Å². The van der Waals surface area contributed by atoms with Crippen molar-refractivity contribution >= 4 is 17.4 Å². The summed E-state index contributed by atoms with van der Waals surface area (Å²) < 4.78 is 44.2. The van der Waals surface area contributed by atoms with E-state index in [1.807, 2.05) is 0 Å². The number of hydrogen-bond donors (Lipinski definition) is 0. The molecule has 0 saturated carbocycles. The Hall–Kier alpha value is -2.01. The summed E-state index contributed by atoms with van der Waals surface area (Å²) in [6, 6.07) is 8.27. The van der Waals surface area contributed by atoms with E-state index < -0.39 is 17.2 Å². The zero-order valence-corrected chi connectivity index (χ0v) is 15.0. The number of halogens is 4. The lowest BCUT2D eigenvalue weighted by atomic mass is 9.71. The van der Waals surface area contributed by atoms with Crippen LogP contribution in [-0.2, 0) is 16.4 Å². The number of Topliss-reactive ketones (excluding diaryl/α,β-unsaturated/α-hetero) is 1. The predicted octanol–water partition coefficient (Wildman–Crippen LogP) is 5.57. The third-order valence-electron chi connectivity index (χ3n) is 4.50. The van der Waals surface area contributed by atoms with Crippen molar-refractivity contribution in [3.05, 3.63) is 63.7 Å². The minimum absolute atomic E-state index is 0.212. The van der Waals surface area contributed by atoms with Crippen LogP contribution in [0.3, 0.4) is 0 Å². The van der Waals surface area contributed by atoms with E-state index in [1.165, 1.54) is 20.1 Å². The average Bonchev–Trinajstić information content (AvgIpc) is 2.52. The number of carbonyl (C=O) groups excluding carboxylic acids is 1. The molecule has 6 heteroatoms.